The van der Waals surface area contributed by atoms with Gasteiger partial charge in [-0.2, -0.15) is 0 Å². The van der Waals surface area contributed by atoms with Crippen molar-refractivity contribution in [3.63, 3.8) is 0 Å². The van der Waals surface area contributed by atoms with Gasteiger partial charge < -0.3 is 10.1 Å². The van der Waals surface area contributed by atoms with Crippen LogP contribution in [0.2, 0.25) is 5.02 Å². The van der Waals surface area contributed by atoms with Gasteiger partial charge in [0.25, 0.3) is 5.91 Å². The minimum Gasteiger partial charge on any atom is -0.497 e. The maximum Gasteiger partial charge on any atom is 0.254 e. The summed E-state index contributed by atoms with van der Waals surface area (Å²) in [5, 5.41) is 3.80. The number of ether oxygens (including phenoxy) is 1. The van der Waals surface area contributed by atoms with Crippen molar-refractivity contribution in [3.05, 3.63) is 77.1 Å². The fourth-order valence-electron chi connectivity index (χ4n) is 3.13. The standard InChI is InChI=1S/C22H20ClN3O2/c1-28-19-10-6-15(7-11-19)20(14-2-3-14)26-22(27)17-12-24-21(25-13-17)16-4-8-18(23)9-5-16/h4-14,20H,2-3H2,1H3,(H,26,27). The molecule has 1 aliphatic carbocycles. The first-order valence-corrected chi connectivity index (χ1v) is 9.54. The Kier molecular flexibility index (Phi) is 5.26. The van der Waals surface area contributed by atoms with E-state index in [-0.39, 0.29) is 11.9 Å². The molecular weight excluding hydrogens is 374 g/mol. The van der Waals surface area contributed by atoms with Gasteiger partial charge in [0.05, 0.1) is 18.7 Å². The molecule has 1 heterocycles. The maximum absolute atomic E-state index is 12.7. The second kappa shape index (κ2) is 7.98. The summed E-state index contributed by atoms with van der Waals surface area (Å²) in [5.74, 6) is 1.65. The number of aromatic nitrogens is 2. The van der Waals surface area contributed by atoms with Gasteiger partial charge in [-0.25, -0.2) is 9.97 Å². The molecule has 1 N–H and O–H groups in total. The van der Waals surface area contributed by atoms with Crippen LogP contribution in [0, 0.1) is 5.92 Å². The summed E-state index contributed by atoms with van der Waals surface area (Å²) in [6.45, 7) is 0. The van der Waals surface area contributed by atoms with Crippen molar-refractivity contribution in [3.8, 4) is 17.1 Å². The summed E-state index contributed by atoms with van der Waals surface area (Å²) < 4.78 is 5.22. The van der Waals surface area contributed by atoms with Crippen molar-refractivity contribution < 1.29 is 9.53 Å². The van der Waals surface area contributed by atoms with E-state index in [0.717, 1.165) is 29.7 Å². The van der Waals surface area contributed by atoms with Crippen LogP contribution in [0.5, 0.6) is 5.75 Å². The molecular formula is C22H20ClN3O2. The molecule has 0 spiro atoms. The van der Waals surface area contributed by atoms with Crippen molar-refractivity contribution in [2.45, 2.75) is 18.9 Å². The highest BCUT2D eigenvalue weighted by atomic mass is 35.5. The lowest BCUT2D eigenvalue weighted by Crippen LogP contribution is -2.30. The Morgan fingerprint density at radius 2 is 1.71 bits per heavy atom. The third-order valence-corrected chi connectivity index (χ3v) is 5.12. The SMILES string of the molecule is COc1ccc(C(NC(=O)c2cnc(-c3ccc(Cl)cc3)nc2)C2CC2)cc1. The topological polar surface area (TPSA) is 64.1 Å². The summed E-state index contributed by atoms with van der Waals surface area (Å²) in [6, 6.07) is 15.1. The van der Waals surface area contributed by atoms with Crippen molar-refractivity contribution in [2.24, 2.45) is 5.92 Å². The molecule has 0 bridgehead atoms. The number of amides is 1. The zero-order valence-corrected chi connectivity index (χ0v) is 16.2. The maximum atomic E-state index is 12.7. The number of rotatable bonds is 6. The van der Waals surface area contributed by atoms with E-state index >= 15 is 0 Å². The van der Waals surface area contributed by atoms with Crippen LogP contribution >= 0.6 is 11.6 Å². The fourth-order valence-corrected chi connectivity index (χ4v) is 3.26. The third kappa shape index (κ3) is 4.15. The first kappa shape index (κ1) is 18.4. The van der Waals surface area contributed by atoms with Gasteiger partial charge in [-0.05, 0) is 60.7 Å². The van der Waals surface area contributed by atoms with Crippen molar-refractivity contribution in [1.29, 1.82) is 0 Å². The monoisotopic (exact) mass is 393 g/mol. The first-order valence-electron chi connectivity index (χ1n) is 9.17. The summed E-state index contributed by atoms with van der Waals surface area (Å²) in [5.41, 5.74) is 2.37. The fraction of sp³-hybridized carbons (Fsp3) is 0.227. The van der Waals surface area contributed by atoms with E-state index in [0.29, 0.717) is 22.3 Å². The lowest BCUT2D eigenvalue weighted by atomic mass is 10.0. The quantitative estimate of drug-likeness (QED) is 0.660. The summed E-state index contributed by atoms with van der Waals surface area (Å²) in [6.07, 6.45) is 5.35. The molecule has 3 aromatic rings. The van der Waals surface area contributed by atoms with E-state index < -0.39 is 0 Å². The molecule has 0 saturated heterocycles. The summed E-state index contributed by atoms with van der Waals surface area (Å²) >= 11 is 5.91. The molecule has 142 valence electrons. The summed E-state index contributed by atoms with van der Waals surface area (Å²) in [4.78, 5) is 21.4. The Morgan fingerprint density at radius 1 is 1.07 bits per heavy atom. The Morgan fingerprint density at radius 3 is 2.29 bits per heavy atom. The number of hydrogen-bond acceptors (Lipinski definition) is 4. The van der Waals surface area contributed by atoms with E-state index in [1.54, 1.807) is 31.6 Å². The third-order valence-electron chi connectivity index (χ3n) is 4.87. The zero-order valence-electron chi connectivity index (χ0n) is 15.4. The summed E-state index contributed by atoms with van der Waals surface area (Å²) in [7, 11) is 1.64. The highest BCUT2D eigenvalue weighted by Gasteiger charge is 2.33. The number of hydrogen-bond donors (Lipinski definition) is 1. The number of carbonyl (C=O) groups is 1. The molecule has 1 aliphatic rings. The van der Waals surface area contributed by atoms with E-state index in [1.165, 1.54) is 0 Å². The molecule has 1 saturated carbocycles. The van der Waals surface area contributed by atoms with Gasteiger partial charge >= 0.3 is 0 Å². The van der Waals surface area contributed by atoms with Crippen LogP contribution in [-0.4, -0.2) is 23.0 Å². The lowest BCUT2D eigenvalue weighted by Gasteiger charge is -2.19. The van der Waals surface area contributed by atoms with Gasteiger partial charge in [-0.1, -0.05) is 23.7 Å². The van der Waals surface area contributed by atoms with E-state index in [9.17, 15) is 4.79 Å². The first-order chi connectivity index (χ1) is 13.6. The van der Waals surface area contributed by atoms with Crippen LogP contribution in [0.1, 0.15) is 34.8 Å². The van der Waals surface area contributed by atoms with Gasteiger partial charge in [0.1, 0.15) is 5.75 Å². The van der Waals surface area contributed by atoms with E-state index in [1.807, 2.05) is 36.4 Å². The lowest BCUT2D eigenvalue weighted by molar-refractivity contribution is 0.0931. The highest BCUT2D eigenvalue weighted by Crippen LogP contribution is 2.41. The predicted octanol–water partition coefficient (Wildman–Crippen LogP) is 4.69. The zero-order chi connectivity index (χ0) is 19.5. The Balaban J connectivity index is 1.49. The van der Waals surface area contributed by atoms with Crippen molar-refractivity contribution >= 4 is 17.5 Å². The number of benzene rings is 2. The molecule has 1 amide bonds. The molecule has 1 aromatic heterocycles. The predicted molar refractivity (Wildman–Crippen MR) is 108 cm³/mol. The van der Waals surface area contributed by atoms with Gasteiger partial charge in [-0.3, -0.25) is 4.79 Å². The number of carbonyl (C=O) groups excluding carboxylic acids is 1. The highest BCUT2D eigenvalue weighted by molar-refractivity contribution is 6.30. The van der Waals surface area contributed by atoms with E-state index in [4.69, 9.17) is 16.3 Å². The van der Waals surface area contributed by atoms with Gasteiger partial charge in [-0.15, -0.1) is 0 Å². The smallest absolute Gasteiger partial charge is 0.254 e. The molecule has 0 radical (unpaired) electrons. The van der Waals surface area contributed by atoms with Gasteiger partial charge in [0.15, 0.2) is 5.82 Å². The second-order valence-electron chi connectivity index (χ2n) is 6.86. The number of halogens is 1. The average molecular weight is 394 g/mol. The van der Waals surface area contributed by atoms with Crippen LogP contribution in [0.4, 0.5) is 0 Å². The molecule has 4 rings (SSSR count). The molecule has 1 fully saturated rings. The van der Waals surface area contributed by atoms with Crippen LogP contribution < -0.4 is 10.1 Å². The Labute approximate surface area is 168 Å². The molecule has 28 heavy (non-hydrogen) atoms. The van der Waals surface area contributed by atoms with Gasteiger partial charge in [0, 0.05) is 23.0 Å². The molecule has 2 aromatic carbocycles. The minimum atomic E-state index is -0.171. The Bertz CT molecular complexity index is 953. The van der Waals surface area contributed by atoms with Crippen LogP contribution in [0.3, 0.4) is 0 Å². The average Bonchev–Trinajstić information content (AvgIpc) is 3.58. The minimum absolute atomic E-state index is 0.0191. The number of methoxy groups -OCH3 is 1. The van der Waals surface area contributed by atoms with Crippen LogP contribution in [0.15, 0.2) is 60.9 Å². The molecule has 1 unspecified atom stereocenters. The van der Waals surface area contributed by atoms with Crippen molar-refractivity contribution in [2.75, 3.05) is 7.11 Å². The van der Waals surface area contributed by atoms with Crippen LogP contribution in [-0.2, 0) is 0 Å². The molecule has 5 nitrogen and oxygen atoms in total. The number of nitrogens with zero attached hydrogens (tertiary/aromatic N) is 2. The van der Waals surface area contributed by atoms with Gasteiger partial charge in [0.2, 0.25) is 0 Å². The molecule has 6 heteroatoms. The van der Waals surface area contributed by atoms with E-state index in [2.05, 4.69) is 15.3 Å². The molecule has 1 atom stereocenters. The Hall–Kier alpha value is -2.92. The largest absolute Gasteiger partial charge is 0.497 e. The molecule has 0 aliphatic heterocycles. The normalized spacial score (nSPS) is 14.4. The van der Waals surface area contributed by atoms with Crippen LogP contribution in [0.25, 0.3) is 11.4 Å². The second-order valence-corrected chi connectivity index (χ2v) is 7.30. The number of nitrogens with one attached hydrogen (secondary N) is 1. The van der Waals surface area contributed by atoms with Crippen molar-refractivity contribution in [1.82, 2.24) is 15.3 Å².